The minimum atomic E-state index is -1.01. The van der Waals surface area contributed by atoms with E-state index in [-0.39, 0.29) is 17.6 Å². The molecule has 1 amide bonds. The number of aromatic nitrogens is 1. The highest BCUT2D eigenvalue weighted by Gasteiger charge is 2.28. The lowest BCUT2D eigenvalue weighted by molar-refractivity contribution is -0.128. The van der Waals surface area contributed by atoms with Gasteiger partial charge in [-0.1, -0.05) is 17.8 Å². The number of carbonyl (C=O) groups excluding carboxylic acids is 1. The highest BCUT2D eigenvalue weighted by Crippen LogP contribution is 2.25. The van der Waals surface area contributed by atoms with E-state index in [9.17, 15) is 9.59 Å². The Morgan fingerprint density at radius 2 is 2.53 bits per heavy atom. The maximum Gasteiger partial charge on any atom is 0.355 e. The van der Waals surface area contributed by atoms with Crippen LogP contribution in [0.3, 0.4) is 0 Å². The SMILES string of the molecule is C=C[C@H]1CCC(=O)N1CCSc1nc(C(=O)O)cs1. The number of hydrogen-bond acceptors (Lipinski definition) is 5. The van der Waals surface area contributed by atoms with Crippen LogP contribution < -0.4 is 0 Å². The van der Waals surface area contributed by atoms with Gasteiger partial charge in [-0.3, -0.25) is 4.79 Å². The molecule has 7 heteroatoms. The summed E-state index contributed by atoms with van der Waals surface area (Å²) >= 11 is 2.79. The molecule has 1 aliphatic heterocycles. The number of carbonyl (C=O) groups is 2. The molecule has 5 nitrogen and oxygen atoms in total. The summed E-state index contributed by atoms with van der Waals surface area (Å²) in [6, 6.07) is 0.138. The number of likely N-dealkylation sites (tertiary alicyclic amines) is 1. The zero-order valence-electron chi connectivity index (χ0n) is 10.2. The molecule has 0 saturated carbocycles. The molecule has 1 N–H and O–H groups in total. The van der Waals surface area contributed by atoms with Crippen molar-refractivity contribution in [2.45, 2.75) is 23.2 Å². The van der Waals surface area contributed by atoms with Crippen LogP contribution in [0.1, 0.15) is 23.3 Å². The van der Waals surface area contributed by atoms with Crippen LogP contribution in [-0.4, -0.2) is 45.2 Å². The third-order valence-corrected chi connectivity index (χ3v) is 4.91. The van der Waals surface area contributed by atoms with Crippen LogP contribution in [0.15, 0.2) is 22.4 Å². The summed E-state index contributed by atoms with van der Waals surface area (Å²) in [6.07, 6.45) is 3.23. The predicted octanol–water partition coefficient (Wildman–Crippen LogP) is 2.11. The molecule has 2 rings (SSSR count). The molecule has 0 bridgehead atoms. The molecule has 19 heavy (non-hydrogen) atoms. The molecule has 0 radical (unpaired) electrons. The Morgan fingerprint density at radius 3 is 3.16 bits per heavy atom. The molecule has 1 aliphatic rings. The van der Waals surface area contributed by atoms with Crippen LogP contribution in [0.25, 0.3) is 0 Å². The van der Waals surface area contributed by atoms with Crippen molar-refractivity contribution in [2.24, 2.45) is 0 Å². The lowest BCUT2D eigenvalue weighted by atomic mass is 10.2. The largest absolute Gasteiger partial charge is 0.476 e. The highest BCUT2D eigenvalue weighted by atomic mass is 32.2. The van der Waals surface area contributed by atoms with Gasteiger partial charge in [0.05, 0.1) is 6.04 Å². The van der Waals surface area contributed by atoms with Crippen molar-refractivity contribution in [2.75, 3.05) is 12.3 Å². The Balaban J connectivity index is 1.84. The van der Waals surface area contributed by atoms with Crippen LogP contribution >= 0.6 is 23.1 Å². The highest BCUT2D eigenvalue weighted by molar-refractivity contribution is 8.01. The molecule has 0 unspecified atom stereocenters. The third-order valence-electron chi connectivity index (χ3n) is 2.91. The number of carboxylic acids is 1. The van der Waals surface area contributed by atoms with E-state index in [0.717, 1.165) is 10.8 Å². The first kappa shape index (κ1) is 14.1. The van der Waals surface area contributed by atoms with Crippen LogP contribution in [0.5, 0.6) is 0 Å². The molecule has 2 heterocycles. The molecule has 1 saturated heterocycles. The summed E-state index contributed by atoms with van der Waals surface area (Å²) < 4.78 is 0.721. The van der Waals surface area contributed by atoms with Gasteiger partial charge in [-0.05, 0) is 6.42 Å². The van der Waals surface area contributed by atoms with Crippen LogP contribution in [-0.2, 0) is 4.79 Å². The first-order chi connectivity index (χ1) is 9.11. The average molecular weight is 298 g/mol. The number of carboxylic acid groups (broad SMARTS) is 1. The Bertz CT molecular complexity index is 501. The van der Waals surface area contributed by atoms with E-state index < -0.39 is 5.97 Å². The van der Waals surface area contributed by atoms with Crippen molar-refractivity contribution in [3.05, 3.63) is 23.7 Å². The molecule has 0 spiro atoms. The maximum absolute atomic E-state index is 11.7. The minimum Gasteiger partial charge on any atom is -0.476 e. The van der Waals surface area contributed by atoms with Crippen molar-refractivity contribution in [3.8, 4) is 0 Å². The summed E-state index contributed by atoms with van der Waals surface area (Å²) in [7, 11) is 0. The van der Waals surface area contributed by atoms with Gasteiger partial charge in [0.15, 0.2) is 10.0 Å². The summed E-state index contributed by atoms with van der Waals surface area (Å²) in [5.41, 5.74) is 0.0775. The first-order valence-electron chi connectivity index (χ1n) is 5.85. The second kappa shape index (κ2) is 6.21. The van der Waals surface area contributed by atoms with E-state index in [4.69, 9.17) is 5.11 Å². The summed E-state index contributed by atoms with van der Waals surface area (Å²) in [5.74, 6) is -0.136. The molecule has 0 aliphatic carbocycles. The fourth-order valence-corrected chi connectivity index (χ4v) is 3.75. The zero-order chi connectivity index (χ0) is 13.8. The van der Waals surface area contributed by atoms with Crippen molar-refractivity contribution in [3.63, 3.8) is 0 Å². The van der Waals surface area contributed by atoms with Crippen LogP contribution in [0, 0.1) is 0 Å². The summed E-state index contributed by atoms with van der Waals surface area (Å²) in [5, 5.41) is 10.3. The van der Waals surface area contributed by atoms with Crippen molar-refractivity contribution in [1.82, 2.24) is 9.88 Å². The average Bonchev–Trinajstić information content (AvgIpc) is 2.98. The Labute approximate surface area is 119 Å². The topological polar surface area (TPSA) is 70.5 Å². The molecular formula is C12H14N2O3S2. The van der Waals surface area contributed by atoms with Gasteiger partial charge < -0.3 is 10.0 Å². The second-order valence-corrected chi connectivity index (χ2v) is 6.28. The number of rotatable bonds is 6. The van der Waals surface area contributed by atoms with E-state index in [1.807, 2.05) is 11.0 Å². The van der Waals surface area contributed by atoms with Gasteiger partial charge in [0.2, 0.25) is 5.91 Å². The predicted molar refractivity (Wildman–Crippen MR) is 74.7 cm³/mol. The van der Waals surface area contributed by atoms with Gasteiger partial charge in [0, 0.05) is 24.1 Å². The molecule has 1 fully saturated rings. The van der Waals surface area contributed by atoms with Gasteiger partial charge in [0.25, 0.3) is 0 Å². The smallest absolute Gasteiger partial charge is 0.355 e. The van der Waals surface area contributed by atoms with Gasteiger partial charge in [-0.15, -0.1) is 17.9 Å². The van der Waals surface area contributed by atoms with Gasteiger partial charge in [-0.2, -0.15) is 0 Å². The Kier molecular flexibility index (Phi) is 4.60. The zero-order valence-corrected chi connectivity index (χ0v) is 11.9. The molecular weight excluding hydrogens is 284 g/mol. The minimum absolute atomic E-state index is 0.0775. The fraction of sp³-hybridized carbons (Fsp3) is 0.417. The number of aromatic carboxylic acids is 1. The van der Waals surface area contributed by atoms with Crippen molar-refractivity contribution >= 4 is 35.0 Å². The third kappa shape index (κ3) is 3.36. The number of hydrogen-bond donors (Lipinski definition) is 1. The van der Waals surface area contributed by atoms with Crippen LogP contribution in [0.2, 0.25) is 0 Å². The molecule has 1 aromatic heterocycles. The maximum atomic E-state index is 11.7. The first-order valence-corrected chi connectivity index (χ1v) is 7.72. The van der Waals surface area contributed by atoms with Crippen molar-refractivity contribution in [1.29, 1.82) is 0 Å². The summed E-state index contributed by atoms with van der Waals surface area (Å²) in [6.45, 7) is 4.38. The molecule has 0 aromatic carbocycles. The Morgan fingerprint density at radius 1 is 1.74 bits per heavy atom. The van der Waals surface area contributed by atoms with E-state index >= 15 is 0 Å². The molecule has 102 valence electrons. The lowest BCUT2D eigenvalue weighted by Gasteiger charge is -2.21. The van der Waals surface area contributed by atoms with Gasteiger partial charge in [0.1, 0.15) is 0 Å². The number of thiazole rings is 1. The lowest BCUT2D eigenvalue weighted by Crippen LogP contribution is -2.33. The van der Waals surface area contributed by atoms with E-state index in [2.05, 4.69) is 11.6 Å². The fourth-order valence-electron chi connectivity index (χ4n) is 1.94. The second-order valence-electron chi connectivity index (χ2n) is 4.08. The van der Waals surface area contributed by atoms with E-state index in [1.165, 1.54) is 28.5 Å². The quantitative estimate of drug-likeness (QED) is 0.643. The number of nitrogens with zero attached hydrogens (tertiary/aromatic N) is 2. The van der Waals surface area contributed by atoms with Gasteiger partial charge >= 0.3 is 5.97 Å². The monoisotopic (exact) mass is 298 g/mol. The Hall–Kier alpha value is -1.34. The van der Waals surface area contributed by atoms with E-state index in [0.29, 0.717) is 18.7 Å². The van der Waals surface area contributed by atoms with Gasteiger partial charge in [-0.25, -0.2) is 9.78 Å². The van der Waals surface area contributed by atoms with E-state index in [1.54, 1.807) is 0 Å². The normalized spacial score (nSPS) is 18.8. The molecule has 1 aromatic rings. The standard InChI is InChI=1S/C12H14N2O3S2/c1-2-8-3-4-10(15)14(8)5-6-18-12-13-9(7-19-12)11(16)17/h2,7-8H,1,3-6H2,(H,16,17)/t8-/m0/s1. The number of amides is 1. The summed E-state index contributed by atoms with van der Waals surface area (Å²) in [4.78, 5) is 28.2. The molecule has 1 atom stereocenters. The van der Waals surface area contributed by atoms with Crippen molar-refractivity contribution < 1.29 is 14.7 Å². The van der Waals surface area contributed by atoms with Crippen LogP contribution in [0.4, 0.5) is 0 Å². The number of thioether (sulfide) groups is 1.